The van der Waals surface area contributed by atoms with Gasteiger partial charge in [0.05, 0.1) is 11.3 Å². The highest BCUT2D eigenvalue weighted by molar-refractivity contribution is 6.30. The number of imide groups is 1. The highest BCUT2D eigenvalue weighted by atomic mass is 35.5. The third-order valence-corrected chi connectivity index (χ3v) is 8.38. The Morgan fingerprint density at radius 1 is 0.905 bits per heavy atom. The number of aromatic amines is 1. The standard InChI is InChI=1S/C34H27ClN4O3/c35-23-12-8-11-22(19-23)31-30-26(24-13-4-6-15-27(24)37-30)20-29-33(41)39(34(42)38(29)31)28-16-7-5-14-25(28)32(40)36-18-17-21-9-2-1-3-10-21/h1-16,19,29,31,37H,17-18,20H2,(H,36,40)/t29-,31?/m0/s1. The second-order valence-corrected chi connectivity index (χ2v) is 11.0. The number of aromatic nitrogens is 1. The van der Waals surface area contributed by atoms with Gasteiger partial charge in [-0.2, -0.15) is 0 Å². The minimum atomic E-state index is -0.734. The summed E-state index contributed by atoms with van der Waals surface area (Å²) in [4.78, 5) is 48.1. The first-order valence-electron chi connectivity index (χ1n) is 13.9. The van der Waals surface area contributed by atoms with Crippen LogP contribution in [0, 0.1) is 0 Å². The molecule has 5 aromatic rings. The van der Waals surface area contributed by atoms with E-state index >= 15 is 0 Å². The van der Waals surface area contributed by atoms with E-state index in [1.807, 2.05) is 72.8 Å². The summed E-state index contributed by atoms with van der Waals surface area (Å²) in [6.45, 7) is 0.423. The average Bonchev–Trinajstić information content (AvgIpc) is 3.50. The fourth-order valence-corrected chi connectivity index (χ4v) is 6.44. The lowest BCUT2D eigenvalue weighted by molar-refractivity contribution is -0.120. The van der Waals surface area contributed by atoms with Crippen molar-refractivity contribution in [1.29, 1.82) is 0 Å². The van der Waals surface area contributed by atoms with Crippen molar-refractivity contribution in [2.75, 3.05) is 11.4 Å². The molecule has 8 heteroatoms. The summed E-state index contributed by atoms with van der Waals surface area (Å²) in [5.74, 6) is -0.692. The van der Waals surface area contributed by atoms with E-state index < -0.39 is 18.1 Å². The number of para-hydroxylation sites is 2. The maximum absolute atomic E-state index is 14.3. The van der Waals surface area contributed by atoms with Crippen LogP contribution in [-0.2, 0) is 17.6 Å². The van der Waals surface area contributed by atoms with E-state index in [2.05, 4.69) is 10.3 Å². The van der Waals surface area contributed by atoms with Crippen molar-refractivity contribution in [3.8, 4) is 0 Å². The monoisotopic (exact) mass is 574 g/mol. The Bertz CT molecular complexity index is 1850. The van der Waals surface area contributed by atoms with Crippen molar-refractivity contribution in [1.82, 2.24) is 15.2 Å². The van der Waals surface area contributed by atoms with Crippen molar-refractivity contribution in [3.63, 3.8) is 0 Å². The summed E-state index contributed by atoms with van der Waals surface area (Å²) < 4.78 is 0. The lowest BCUT2D eigenvalue weighted by Gasteiger charge is -2.36. The first-order chi connectivity index (χ1) is 20.5. The zero-order chi connectivity index (χ0) is 28.8. The number of benzene rings is 4. The fraction of sp³-hybridized carbons (Fsp3) is 0.147. The minimum absolute atomic E-state index is 0.274. The van der Waals surface area contributed by atoms with Gasteiger partial charge in [0.15, 0.2) is 0 Å². The second kappa shape index (κ2) is 10.5. The van der Waals surface area contributed by atoms with Gasteiger partial charge in [-0.3, -0.25) is 14.5 Å². The number of fused-ring (bicyclic) bond motifs is 4. The van der Waals surface area contributed by atoms with Crippen LogP contribution >= 0.6 is 11.6 Å². The molecule has 7 nitrogen and oxygen atoms in total. The van der Waals surface area contributed by atoms with E-state index in [1.54, 1.807) is 35.2 Å². The number of halogens is 1. The molecule has 4 amide bonds. The van der Waals surface area contributed by atoms with Gasteiger partial charge in [-0.25, -0.2) is 9.69 Å². The normalized spacial score (nSPS) is 17.8. The van der Waals surface area contributed by atoms with Crippen LogP contribution in [0.2, 0.25) is 5.02 Å². The van der Waals surface area contributed by atoms with E-state index in [0.29, 0.717) is 24.4 Å². The predicted octanol–water partition coefficient (Wildman–Crippen LogP) is 6.28. The van der Waals surface area contributed by atoms with E-state index in [4.69, 9.17) is 11.6 Å². The fourth-order valence-electron chi connectivity index (χ4n) is 6.24. The van der Waals surface area contributed by atoms with Crippen molar-refractivity contribution in [2.45, 2.75) is 24.9 Å². The number of H-pyrrole nitrogens is 1. The van der Waals surface area contributed by atoms with Crippen molar-refractivity contribution >= 4 is 46.0 Å². The van der Waals surface area contributed by atoms with Gasteiger partial charge >= 0.3 is 6.03 Å². The van der Waals surface area contributed by atoms with E-state index in [0.717, 1.165) is 33.3 Å². The number of anilines is 1. The molecular formula is C34H27ClN4O3. The minimum Gasteiger partial charge on any atom is -0.356 e. The molecule has 0 spiro atoms. The first-order valence-corrected chi connectivity index (χ1v) is 14.3. The molecule has 2 N–H and O–H groups in total. The molecule has 1 fully saturated rings. The molecule has 0 saturated carbocycles. The van der Waals surface area contributed by atoms with Crippen molar-refractivity contribution in [3.05, 3.63) is 136 Å². The molecule has 2 atom stereocenters. The van der Waals surface area contributed by atoms with Crippen molar-refractivity contribution in [2.24, 2.45) is 0 Å². The van der Waals surface area contributed by atoms with Crippen LogP contribution in [0.4, 0.5) is 10.5 Å². The number of urea groups is 1. The molecular weight excluding hydrogens is 548 g/mol. The zero-order valence-electron chi connectivity index (χ0n) is 22.6. The van der Waals surface area contributed by atoms with Crippen LogP contribution in [-0.4, -0.2) is 40.3 Å². The van der Waals surface area contributed by atoms with Crippen molar-refractivity contribution < 1.29 is 14.4 Å². The highest BCUT2D eigenvalue weighted by Crippen LogP contribution is 2.45. The van der Waals surface area contributed by atoms with Gasteiger partial charge in [0.1, 0.15) is 12.1 Å². The quantitative estimate of drug-likeness (QED) is 0.234. The maximum atomic E-state index is 14.3. The Morgan fingerprint density at radius 3 is 2.50 bits per heavy atom. The summed E-state index contributed by atoms with van der Waals surface area (Å²) in [6, 6.07) is 30.2. The third-order valence-electron chi connectivity index (χ3n) is 8.15. The Morgan fingerprint density at radius 2 is 1.67 bits per heavy atom. The molecule has 42 heavy (non-hydrogen) atoms. The van der Waals surface area contributed by atoms with Gasteiger partial charge in [0.25, 0.3) is 11.8 Å². The SMILES string of the molecule is O=C(NCCc1ccccc1)c1ccccc1N1C(=O)[C@@H]2Cc3c([nH]c4ccccc34)C(c3cccc(Cl)c3)N2C1=O. The zero-order valence-corrected chi connectivity index (χ0v) is 23.3. The predicted molar refractivity (Wildman–Crippen MR) is 163 cm³/mol. The van der Waals surface area contributed by atoms with Crippen LogP contribution < -0.4 is 10.2 Å². The maximum Gasteiger partial charge on any atom is 0.332 e. The van der Waals surface area contributed by atoms with Crippen LogP contribution in [0.15, 0.2) is 103 Å². The molecule has 4 aromatic carbocycles. The van der Waals surface area contributed by atoms with Gasteiger partial charge in [0, 0.05) is 34.6 Å². The van der Waals surface area contributed by atoms with Gasteiger partial charge in [-0.05, 0) is 53.4 Å². The van der Waals surface area contributed by atoms with Crippen LogP contribution in [0.25, 0.3) is 10.9 Å². The lowest BCUT2D eigenvalue weighted by atomic mass is 9.89. The molecule has 1 aromatic heterocycles. The Labute approximate surface area is 247 Å². The molecule has 0 bridgehead atoms. The van der Waals surface area contributed by atoms with Crippen LogP contribution in [0.3, 0.4) is 0 Å². The highest BCUT2D eigenvalue weighted by Gasteiger charge is 2.53. The topological polar surface area (TPSA) is 85.5 Å². The van der Waals surface area contributed by atoms with Crippen LogP contribution in [0.1, 0.15) is 38.8 Å². The van der Waals surface area contributed by atoms with Gasteiger partial charge in [0.2, 0.25) is 0 Å². The molecule has 0 aliphatic carbocycles. The number of carbonyl (C=O) groups is 3. The third kappa shape index (κ3) is 4.33. The largest absolute Gasteiger partial charge is 0.356 e. The molecule has 7 rings (SSSR count). The van der Waals surface area contributed by atoms with E-state index in [9.17, 15) is 14.4 Å². The molecule has 1 saturated heterocycles. The summed E-state index contributed by atoms with van der Waals surface area (Å²) in [5.41, 5.74) is 5.28. The number of nitrogens with zero attached hydrogens (tertiary/aromatic N) is 2. The smallest absolute Gasteiger partial charge is 0.332 e. The molecule has 0 radical (unpaired) electrons. The number of hydrogen-bond acceptors (Lipinski definition) is 3. The molecule has 208 valence electrons. The molecule has 2 aliphatic rings. The molecule has 3 heterocycles. The number of hydrogen-bond donors (Lipinski definition) is 2. The molecule has 2 aliphatic heterocycles. The summed E-state index contributed by atoms with van der Waals surface area (Å²) in [7, 11) is 0. The summed E-state index contributed by atoms with van der Waals surface area (Å²) in [5, 5.41) is 4.52. The number of amides is 4. The Kier molecular flexibility index (Phi) is 6.52. The Balaban J connectivity index is 1.25. The number of carbonyl (C=O) groups excluding carboxylic acids is 3. The van der Waals surface area contributed by atoms with E-state index in [-0.39, 0.29) is 23.1 Å². The van der Waals surface area contributed by atoms with Gasteiger partial charge in [-0.15, -0.1) is 0 Å². The number of nitrogens with one attached hydrogen (secondary N) is 2. The second-order valence-electron chi connectivity index (χ2n) is 10.6. The van der Waals surface area contributed by atoms with Gasteiger partial charge < -0.3 is 10.3 Å². The number of rotatable bonds is 6. The lowest BCUT2D eigenvalue weighted by Crippen LogP contribution is -2.44. The Hall–Kier alpha value is -4.88. The summed E-state index contributed by atoms with van der Waals surface area (Å²) in [6.07, 6.45) is 1.03. The van der Waals surface area contributed by atoms with E-state index in [1.165, 1.54) is 4.90 Å². The van der Waals surface area contributed by atoms with Crippen LogP contribution in [0.5, 0.6) is 0 Å². The first kappa shape index (κ1) is 26.0. The van der Waals surface area contributed by atoms with Gasteiger partial charge in [-0.1, -0.05) is 84.4 Å². The molecule has 1 unspecified atom stereocenters. The summed E-state index contributed by atoms with van der Waals surface area (Å²) >= 11 is 6.40. The average molecular weight is 575 g/mol.